The van der Waals surface area contributed by atoms with Crippen molar-refractivity contribution in [1.82, 2.24) is 10.2 Å². The van der Waals surface area contributed by atoms with E-state index < -0.39 is 0 Å². The largest absolute Gasteiger partial charge is 0.351 e. The van der Waals surface area contributed by atoms with Gasteiger partial charge < -0.3 is 10.2 Å². The minimum absolute atomic E-state index is 0.0587. The molecule has 0 bridgehead atoms. The highest BCUT2D eigenvalue weighted by molar-refractivity contribution is 8.01. The monoisotopic (exact) mass is 300 g/mol. The Bertz CT molecular complexity index is 398. The third-order valence-electron chi connectivity index (χ3n) is 4.32. The topological polar surface area (TPSA) is 49.4 Å². The summed E-state index contributed by atoms with van der Waals surface area (Å²) in [6, 6.07) is 0.0582. The Balaban J connectivity index is 1.65. The maximum absolute atomic E-state index is 12.4. The fourth-order valence-corrected chi connectivity index (χ4v) is 5.69. The van der Waals surface area contributed by atoms with Crippen molar-refractivity contribution >= 4 is 35.3 Å². The molecule has 3 aliphatic heterocycles. The van der Waals surface area contributed by atoms with Gasteiger partial charge in [-0.1, -0.05) is 0 Å². The summed E-state index contributed by atoms with van der Waals surface area (Å²) in [5.74, 6) is 3.21. The second-order valence-corrected chi connectivity index (χ2v) is 8.39. The number of hydrogen-bond donors (Lipinski definition) is 1. The van der Waals surface area contributed by atoms with Gasteiger partial charge in [0, 0.05) is 18.2 Å². The van der Waals surface area contributed by atoms with E-state index in [9.17, 15) is 9.59 Å². The summed E-state index contributed by atoms with van der Waals surface area (Å²) in [5.41, 5.74) is 0. The van der Waals surface area contributed by atoms with Gasteiger partial charge in [0.25, 0.3) is 0 Å². The van der Waals surface area contributed by atoms with Crippen LogP contribution in [0.1, 0.15) is 32.6 Å². The molecule has 0 aromatic heterocycles. The first kappa shape index (κ1) is 13.6. The molecule has 6 heteroatoms. The standard InChI is InChI=1S/C13H20N2O2S2/c1-13-5-2-11(16)15(13)10(8-19-13)12(17)14-9-3-6-18-7-4-9/h9-10H,2-8H2,1H3,(H,14,17)/t10-,13-/m1/s1. The highest BCUT2D eigenvalue weighted by Crippen LogP contribution is 2.47. The molecule has 0 unspecified atom stereocenters. The molecule has 0 radical (unpaired) electrons. The van der Waals surface area contributed by atoms with Crippen molar-refractivity contribution in [2.24, 2.45) is 0 Å². The van der Waals surface area contributed by atoms with E-state index in [4.69, 9.17) is 0 Å². The zero-order chi connectivity index (χ0) is 13.5. The third kappa shape index (κ3) is 2.49. The van der Waals surface area contributed by atoms with Gasteiger partial charge in [0.15, 0.2) is 0 Å². The number of carbonyl (C=O) groups excluding carboxylic acids is 2. The molecule has 2 atom stereocenters. The van der Waals surface area contributed by atoms with Crippen LogP contribution in [-0.2, 0) is 9.59 Å². The molecule has 3 rings (SSSR count). The average Bonchev–Trinajstić information content (AvgIpc) is 2.88. The smallest absolute Gasteiger partial charge is 0.243 e. The summed E-state index contributed by atoms with van der Waals surface area (Å²) in [7, 11) is 0. The summed E-state index contributed by atoms with van der Waals surface area (Å²) < 4.78 is 0. The van der Waals surface area contributed by atoms with Gasteiger partial charge in [0.05, 0.1) is 4.87 Å². The first-order valence-corrected chi connectivity index (χ1v) is 9.08. The Morgan fingerprint density at radius 3 is 2.89 bits per heavy atom. The molecule has 3 saturated heterocycles. The van der Waals surface area contributed by atoms with E-state index >= 15 is 0 Å². The van der Waals surface area contributed by atoms with Crippen LogP contribution in [0.15, 0.2) is 0 Å². The lowest BCUT2D eigenvalue weighted by Crippen LogP contribution is -2.52. The van der Waals surface area contributed by atoms with E-state index in [1.807, 2.05) is 16.7 Å². The van der Waals surface area contributed by atoms with Crippen molar-refractivity contribution in [3.63, 3.8) is 0 Å². The van der Waals surface area contributed by atoms with E-state index in [-0.39, 0.29) is 22.7 Å². The Labute approximate surface area is 122 Å². The van der Waals surface area contributed by atoms with Crippen LogP contribution in [0.3, 0.4) is 0 Å². The Morgan fingerprint density at radius 1 is 1.42 bits per heavy atom. The predicted octanol–water partition coefficient (Wildman–Crippen LogP) is 1.45. The van der Waals surface area contributed by atoms with Gasteiger partial charge in [-0.2, -0.15) is 11.8 Å². The summed E-state index contributed by atoms with van der Waals surface area (Å²) in [5, 5.41) is 3.15. The van der Waals surface area contributed by atoms with Crippen LogP contribution in [0, 0.1) is 0 Å². The lowest BCUT2D eigenvalue weighted by Gasteiger charge is -2.31. The second-order valence-electron chi connectivity index (χ2n) is 5.66. The zero-order valence-electron chi connectivity index (χ0n) is 11.2. The molecule has 3 aliphatic rings. The van der Waals surface area contributed by atoms with Crippen molar-refractivity contribution in [3.8, 4) is 0 Å². The first-order chi connectivity index (χ1) is 9.10. The molecular weight excluding hydrogens is 280 g/mol. The van der Waals surface area contributed by atoms with Crippen LogP contribution >= 0.6 is 23.5 Å². The molecule has 3 heterocycles. The molecule has 0 aliphatic carbocycles. The molecule has 19 heavy (non-hydrogen) atoms. The van der Waals surface area contributed by atoms with Crippen molar-refractivity contribution in [3.05, 3.63) is 0 Å². The van der Waals surface area contributed by atoms with Crippen molar-refractivity contribution in [2.45, 2.75) is 49.6 Å². The van der Waals surface area contributed by atoms with E-state index in [1.165, 1.54) is 0 Å². The molecule has 106 valence electrons. The normalized spacial score (nSPS) is 35.5. The fraction of sp³-hybridized carbons (Fsp3) is 0.846. The maximum atomic E-state index is 12.4. The van der Waals surface area contributed by atoms with Gasteiger partial charge in [-0.25, -0.2) is 0 Å². The summed E-state index contributed by atoms with van der Waals surface area (Å²) in [6.45, 7) is 2.09. The first-order valence-electron chi connectivity index (χ1n) is 6.94. The molecule has 0 aromatic carbocycles. The summed E-state index contributed by atoms with van der Waals surface area (Å²) >= 11 is 3.71. The number of amides is 2. The van der Waals surface area contributed by atoms with Crippen LogP contribution in [0.4, 0.5) is 0 Å². The number of fused-ring (bicyclic) bond motifs is 1. The predicted molar refractivity (Wildman–Crippen MR) is 79.2 cm³/mol. The van der Waals surface area contributed by atoms with Crippen molar-refractivity contribution < 1.29 is 9.59 Å². The molecule has 0 aromatic rings. The number of rotatable bonds is 2. The molecule has 0 saturated carbocycles. The fourth-order valence-electron chi connectivity index (χ4n) is 3.15. The third-order valence-corrected chi connectivity index (χ3v) is 6.87. The van der Waals surface area contributed by atoms with Gasteiger partial charge in [-0.05, 0) is 37.7 Å². The van der Waals surface area contributed by atoms with E-state index in [0.29, 0.717) is 12.5 Å². The number of carbonyl (C=O) groups is 2. The Morgan fingerprint density at radius 2 is 2.16 bits per heavy atom. The highest BCUT2D eigenvalue weighted by Gasteiger charge is 2.52. The highest BCUT2D eigenvalue weighted by atomic mass is 32.2. The number of nitrogens with one attached hydrogen (secondary N) is 1. The minimum Gasteiger partial charge on any atom is -0.351 e. The second kappa shape index (κ2) is 5.20. The molecular formula is C13H20N2O2S2. The lowest BCUT2D eigenvalue weighted by molar-refractivity contribution is -0.138. The molecule has 1 N–H and O–H groups in total. The SMILES string of the molecule is C[C@@]12CCC(=O)N1[C@@H](C(=O)NC1CCSCC1)CS2. The van der Waals surface area contributed by atoms with Crippen LogP contribution in [0.5, 0.6) is 0 Å². The molecule has 2 amide bonds. The molecule has 3 fully saturated rings. The van der Waals surface area contributed by atoms with Crippen LogP contribution in [0.25, 0.3) is 0 Å². The van der Waals surface area contributed by atoms with Crippen LogP contribution in [-0.4, -0.2) is 50.9 Å². The Hall–Kier alpha value is -0.360. The number of nitrogens with zero attached hydrogens (tertiary/aromatic N) is 1. The van der Waals surface area contributed by atoms with E-state index in [1.54, 1.807) is 11.8 Å². The minimum atomic E-state index is -0.250. The van der Waals surface area contributed by atoms with E-state index in [2.05, 4.69) is 12.2 Å². The molecule has 4 nitrogen and oxygen atoms in total. The quantitative estimate of drug-likeness (QED) is 0.838. The van der Waals surface area contributed by atoms with Gasteiger partial charge in [0.1, 0.15) is 6.04 Å². The van der Waals surface area contributed by atoms with Gasteiger partial charge >= 0.3 is 0 Å². The summed E-state index contributed by atoms with van der Waals surface area (Å²) in [4.78, 5) is 26.1. The van der Waals surface area contributed by atoms with E-state index in [0.717, 1.165) is 36.5 Å². The van der Waals surface area contributed by atoms with Crippen LogP contribution < -0.4 is 5.32 Å². The van der Waals surface area contributed by atoms with Gasteiger partial charge in [-0.3, -0.25) is 9.59 Å². The van der Waals surface area contributed by atoms with Crippen LogP contribution in [0.2, 0.25) is 0 Å². The number of hydrogen-bond acceptors (Lipinski definition) is 4. The zero-order valence-corrected chi connectivity index (χ0v) is 12.8. The van der Waals surface area contributed by atoms with Gasteiger partial charge in [-0.15, -0.1) is 11.8 Å². The Kier molecular flexibility index (Phi) is 3.73. The van der Waals surface area contributed by atoms with Gasteiger partial charge in [0.2, 0.25) is 11.8 Å². The summed E-state index contributed by atoms with van der Waals surface area (Å²) in [6.07, 6.45) is 3.58. The van der Waals surface area contributed by atoms with Crippen molar-refractivity contribution in [1.29, 1.82) is 0 Å². The lowest BCUT2D eigenvalue weighted by atomic mass is 10.1. The average molecular weight is 300 g/mol. The molecule has 0 spiro atoms. The van der Waals surface area contributed by atoms with Crippen molar-refractivity contribution in [2.75, 3.05) is 17.3 Å². The maximum Gasteiger partial charge on any atom is 0.243 e. The number of thioether (sulfide) groups is 2.